The van der Waals surface area contributed by atoms with Crippen LogP contribution >= 0.6 is 0 Å². The smallest absolute Gasteiger partial charge is 0.267 e. The molecular formula is C26H24N2O4. The zero-order chi connectivity index (χ0) is 22.7. The largest absolute Gasteiger partial charge is 0.493 e. The summed E-state index contributed by atoms with van der Waals surface area (Å²) in [6, 6.07) is 22.2. The highest BCUT2D eigenvalue weighted by Gasteiger charge is 2.36. The van der Waals surface area contributed by atoms with Gasteiger partial charge in [0.05, 0.1) is 25.5 Å². The third kappa shape index (κ3) is 3.95. The van der Waals surface area contributed by atoms with Crippen LogP contribution in [0.25, 0.3) is 5.57 Å². The average molecular weight is 428 g/mol. The molecule has 1 aliphatic heterocycles. The molecule has 2 amide bonds. The Morgan fingerprint density at radius 1 is 0.812 bits per heavy atom. The molecular weight excluding hydrogens is 404 g/mol. The zero-order valence-corrected chi connectivity index (χ0v) is 18.2. The minimum atomic E-state index is -0.388. The van der Waals surface area contributed by atoms with Gasteiger partial charge in [-0.1, -0.05) is 48.5 Å². The Bertz CT molecular complexity index is 1190. The van der Waals surface area contributed by atoms with E-state index in [0.29, 0.717) is 40.4 Å². The van der Waals surface area contributed by atoms with Gasteiger partial charge in [-0.2, -0.15) is 0 Å². The number of amides is 2. The van der Waals surface area contributed by atoms with E-state index in [0.717, 1.165) is 5.56 Å². The maximum Gasteiger partial charge on any atom is 0.267 e. The Labute approximate surface area is 187 Å². The quantitative estimate of drug-likeness (QED) is 0.431. The molecule has 3 aromatic carbocycles. The van der Waals surface area contributed by atoms with Gasteiger partial charge in [0.2, 0.25) is 0 Å². The van der Waals surface area contributed by atoms with Crippen LogP contribution < -0.4 is 14.4 Å². The van der Waals surface area contributed by atoms with E-state index in [2.05, 4.69) is 0 Å². The van der Waals surface area contributed by atoms with Gasteiger partial charge >= 0.3 is 0 Å². The standard InChI is InChI=1S/C26H24N2O4/c1-27(16-18-9-5-4-6-10-18)17-22-20-11-7-8-12-21(20)25(29)28(26(22)30)19-13-14-23(31-2)24(15-19)32-3/h4-15,17H,16H2,1-3H3. The van der Waals surface area contributed by atoms with Crippen molar-refractivity contribution in [3.63, 3.8) is 0 Å². The van der Waals surface area contributed by atoms with Crippen molar-refractivity contribution >= 4 is 23.1 Å². The van der Waals surface area contributed by atoms with E-state index in [4.69, 9.17) is 9.47 Å². The van der Waals surface area contributed by atoms with Crippen LogP contribution in [0.3, 0.4) is 0 Å². The lowest BCUT2D eigenvalue weighted by molar-refractivity contribution is -0.112. The lowest BCUT2D eigenvalue weighted by Crippen LogP contribution is -2.42. The van der Waals surface area contributed by atoms with Gasteiger partial charge in [-0.15, -0.1) is 0 Å². The highest BCUT2D eigenvalue weighted by atomic mass is 16.5. The summed E-state index contributed by atoms with van der Waals surface area (Å²) in [5.74, 6) is 0.199. The summed E-state index contributed by atoms with van der Waals surface area (Å²) in [6.45, 7) is 0.629. The summed E-state index contributed by atoms with van der Waals surface area (Å²) in [5.41, 5.74) is 3.09. The van der Waals surface area contributed by atoms with Crippen LogP contribution in [0.5, 0.6) is 11.5 Å². The van der Waals surface area contributed by atoms with Crippen molar-refractivity contribution < 1.29 is 19.1 Å². The number of fused-ring (bicyclic) bond motifs is 1. The molecule has 32 heavy (non-hydrogen) atoms. The number of rotatable bonds is 6. The predicted molar refractivity (Wildman–Crippen MR) is 124 cm³/mol. The van der Waals surface area contributed by atoms with E-state index >= 15 is 0 Å². The first kappa shape index (κ1) is 21.2. The van der Waals surface area contributed by atoms with E-state index in [-0.39, 0.29) is 11.8 Å². The Kier molecular flexibility index (Phi) is 5.94. The molecule has 0 aromatic heterocycles. The maximum absolute atomic E-state index is 13.6. The van der Waals surface area contributed by atoms with Gasteiger partial charge in [-0.25, -0.2) is 4.90 Å². The summed E-state index contributed by atoms with van der Waals surface area (Å²) in [4.78, 5) is 30.0. The molecule has 0 unspecified atom stereocenters. The van der Waals surface area contributed by atoms with E-state index in [1.54, 1.807) is 42.6 Å². The van der Waals surface area contributed by atoms with Gasteiger partial charge < -0.3 is 14.4 Å². The third-order valence-electron chi connectivity index (χ3n) is 5.33. The molecule has 0 bridgehead atoms. The zero-order valence-electron chi connectivity index (χ0n) is 18.2. The van der Waals surface area contributed by atoms with Gasteiger partial charge in [0.15, 0.2) is 11.5 Å². The van der Waals surface area contributed by atoms with Gasteiger partial charge in [0, 0.05) is 37.0 Å². The number of benzene rings is 3. The van der Waals surface area contributed by atoms with Crippen molar-refractivity contribution in [1.29, 1.82) is 0 Å². The number of anilines is 1. The van der Waals surface area contributed by atoms with Gasteiger partial charge in [-0.3, -0.25) is 9.59 Å². The fourth-order valence-corrected chi connectivity index (χ4v) is 3.81. The molecule has 3 aromatic rings. The van der Waals surface area contributed by atoms with Crippen molar-refractivity contribution in [2.75, 3.05) is 26.2 Å². The molecule has 0 radical (unpaired) electrons. The number of hydrogen-bond acceptors (Lipinski definition) is 5. The Morgan fingerprint density at radius 3 is 2.16 bits per heavy atom. The highest BCUT2D eigenvalue weighted by Crippen LogP contribution is 2.36. The summed E-state index contributed by atoms with van der Waals surface area (Å²) < 4.78 is 10.7. The second-order valence-corrected chi connectivity index (χ2v) is 7.47. The first-order chi connectivity index (χ1) is 15.5. The van der Waals surface area contributed by atoms with E-state index in [1.165, 1.54) is 19.1 Å². The minimum absolute atomic E-state index is 0.374. The number of imide groups is 1. The molecule has 0 aliphatic carbocycles. The van der Waals surface area contributed by atoms with Crippen molar-refractivity contribution in [2.24, 2.45) is 0 Å². The molecule has 0 saturated heterocycles. The Hall–Kier alpha value is -4.06. The molecule has 1 heterocycles. The predicted octanol–water partition coefficient (Wildman–Crippen LogP) is 4.36. The minimum Gasteiger partial charge on any atom is -0.493 e. The number of carbonyl (C=O) groups is 2. The average Bonchev–Trinajstić information content (AvgIpc) is 2.82. The van der Waals surface area contributed by atoms with E-state index < -0.39 is 0 Å². The van der Waals surface area contributed by atoms with Crippen LogP contribution in [0.15, 0.2) is 79.0 Å². The SMILES string of the molecule is COc1ccc(N2C(=O)C(=CN(C)Cc3ccccc3)c3ccccc3C2=O)cc1OC. The molecule has 162 valence electrons. The number of methoxy groups -OCH3 is 2. The fraction of sp³-hybridized carbons (Fsp3) is 0.154. The molecule has 0 spiro atoms. The number of carbonyl (C=O) groups excluding carboxylic acids is 2. The Morgan fingerprint density at radius 2 is 1.47 bits per heavy atom. The molecule has 4 rings (SSSR count). The second kappa shape index (κ2) is 8.98. The topological polar surface area (TPSA) is 59.1 Å². The lowest BCUT2D eigenvalue weighted by atomic mass is 9.93. The number of nitrogens with zero attached hydrogens (tertiary/aromatic N) is 2. The van der Waals surface area contributed by atoms with E-state index in [9.17, 15) is 9.59 Å². The van der Waals surface area contributed by atoms with Crippen molar-refractivity contribution in [3.8, 4) is 11.5 Å². The summed E-state index contributed by atoms with van der Waals surface area (Å²) in [7, 11) is 4.96. The monoisotopic (exact) mass is 428 g/mol. The third-order valence-corrected chi connectivity index (χ3v) is 5.33. The van der Waals surface area contributed by atoms with Crippen LogP contribution in [0.2, 0.25) is 0 Å². The van der Waals surface area contributed by atoms with Crippen LogP contribution in [0.1, 0.15) is 21.5 Å². The molecule has 0 N–H and O–H groups in total. The molecule has 0 fully saturated rings. The van der Waals surface area contributed by atoms with Crippen molar-refractivity contribution in [2.45, 2.75) is 6.54 Å². The van der Waals surface area contributed by atoms with Gasteiger partial charge in [-0.05, 0) is 23.8 Å². The second-order valence-electron chi connectivity index (χ2n) is 7.47. The van der Waals surface area contributed by atoms with E-state index in [1.807, 2.05) is 48.3 Å². The van der Waals surface area contributed by atoms with Crippen LogP contribution in [-0.2, 0) is 11.3 Å². The van der Waals surface area contributed by atoms with Crippen LogP contribution in [0.4, 0.5) is 5.69 Å². The van der Waals surface area contributed by atoms with Crippen molar-refractivity contribution in [1.82, 2.24) is 4.90 Å². The summed E-state index contributed by atoms with van der Waals surface area (Å²) >= 11 is 0. The molecule has 6 heteroatoms. The first-order valence-electron chi connectivity index (χ1n) is 10.2. The summed E-state index contributed by atoms with van der Waals surface area (Å²) in [5, 5.41) is 0. The van der Waals surface area contributed by atoms with Gasteiger partial charge in [0.25, 0.3) is 11.8 Å². The van der Waals surface area contributed by atoms with Crippen LogP contribution in [0, 0.1) is 0 Å². The fourth-order valence-electron chi connectivity index (χ4n) is 3.81. The lowest BCUT2D eigenvalue weighted by Gasteiger charge is -2.30. The molecule has 6 nitrogen and oxygen atoms in total. The molecule has 0 atom stereocenters. The number of ether oxygens (including phenoxy) is 2. The Balaban J connectivity index is 1.77. The van der Waals surface area contributed by atoms with Crippen molar-refractivity contribution in [3.05, 3.63) is 95.7 Å². The van der Waals surface area contributed by atoms with Crippen LogP contribution in [-0.4, -0.2) is 38.0 Å². The normalized spacial score (nSPS) is 14.3. The highest BCUT2D eigenvalue weighted by molar-refractivity contribution is 6.41. The summed E-state index contributed by atoms with van der Waals surface area (Å²) in [6.07, 6.45) is 1.80. The maximum atomic E-state index is 13.6. The molecule has 1 aliphatic rings. The number of hydrogen-bond donors (Lipinski definition) is 0. The first-order valence-corrected chi connectivity index (χ1v) is 10.2. The van der Waals surface area contributed by atoms with Gasteiger partial charge in [0.1, 0.15) is 0 Å². The molecule has 0 saturated carbocycles.